The lowest BCUT2D eigenvalue weighted by molar-refractivity contribution is 0.170. The smallest absolute Gasteiger partial charge is 0.164 e. The van der Waals surface area contributed by atoms with Gasteiger partial charge in [0.25, 0.3) is 0 Å². The van der Waals surface area contributed by atoms with Gasteiger partial charge >= 0.3 is 0 Å². The third-order valence-electron chi connectivity index (χ3n) is 1.98. The first kappa shape index (κ1) is 8.82. The molecule has 0 saturated heterocycles. The number of nitriles is 1. The summed E-state index contributed by atoms with van der Waals surface area (Å²) in [5.74, 6) is 0.508. The fraction of sp³-hybridized carbons (Fsp3) is 0.300. The molecule has 1 aromatic carbocycles. The van der Waals surface area contributed by atoms with E-state index < -0.39 is 5.82 Å². The number of halogens is 1. The molecule has 0 bridgehead atoms. The summed E-state index contributed by atoms with van der Waals surface area (Å²) in [5.41, 5.74) is 0.344. The van der Waals surface area contributed by atoms with E-state index in [0.29, 0.717) is 30.3 Å². The number of fused-ring (bicyclic) bond motifs is 1. The summed E-state index contributed by atoms with van der Waals surface area (Å²) in [6.07, 6.45) is 0.0441. The Labute approximate surface area is 80.7 Å². The molecule has 0 saturated carbocycles. The predicted molar refractivity (Wildman–Crippen MR) is 46.7 cm³/mol. The zero-order valence-corrected chi connectivity index (χ0v) is 7.42. The average molecular weight is 193 g/mol. The van der Waals surface area contributed by atoms with Crippen LogP contribution in [0.4, 0.5) is 4.39 Å². The van der Waals surface area contributed by atoms with Crippen LogP contribution in [0.15, 0.2) is 12.1 Å². The van der Waals surface area contributed by atoms with Crippen molar-refractivity contribution in [2.24, 2.45) is 0 Å². The minimum atomic E-state index is -0.421. The van der Waals surface area contributed by atoms with E-state index in [1.165, 1.54) is 12.1 Å². The summed E-state index contributed by atoms with van der Waals surface area (Å²) in [5, 5.41) is 8.46. The van der Waals surface area contributed by atoms with Crippen molar-refractivity contribution < 1.29 is 13.9 Å². The van der Waals surface area contributed by atoms with Crippen molar-refractivity contribution in [1.29, 1.82) is 5.26 Å². The number of nitrogens with zero attached hydrogens (tertiary/aromatic N) is 1. The highest BCUT2D eigenvalue weighted by Gasteiger charge is 2.15. The molecule has 1 aliphatic rings. The topological polar surface area (TPSA) is 42.2 Å². The van der Waals surface area contributed by atoms with Crippen LogP contribution in [-0.2, 0) is 6.42 Å². The normalized spacial score (nSPS) is 13.4. The van der Waals surface area contributed by atoms with E-state index in [9.17, 15) is 4.39 Å². The molecule has 0 aliphatic carbocycles. The lowest BCUT2D eigenvalue weighted by Crippen LogP contribution is -2.15. The Balaban J connectivity index is 2.41. The molecule has 1 aliphatic heterocycles. The van der Waals surface area contributed by atoms with E-state index in [-0.39, 0.29) is 6.42 Å². The van der Waals surface area contributed by atoms with Crippen molar-refractivity contribution in [3.63, 3.8) is 0 Å². The van der Waals surface area contributed by atoms with Crippen LogP contribution in [0.3, 0.4) is 0 Å². The molecule has 1 heterocycles. The Bertz CT molecular complexity index is 398. The molecule has 0 atom stereocenters. The second-order valence-electron chi connectivity index (χ2n) is 2.92. The maximum atomic E-state index is 13.3. The van der Waals surface area contributed by atoms with Gasteiger partial charge in [0, 0.05) is 11.6 Å². The molecule has 1 aromatic rings. The largest absolute Gasteiger partial charge is 0.486 e. The van der Waals surface area contributed by atoms with Gasteiger partial charge in [-0.15, -0.1) is 0 Å². The average Bonchev–Trinajstić information content (AvgIpc) is 2.19. The summed E-state index contributed by atoms with van der Waals surface area (Å²) < 4.78 is 23.7. The maximum absolute atomic E-state index is 13.3. The first-order valence-electron chi connectivity index (χ1n) is 4.26. The van der Waals surface area contributed by atoms with Crippen molar-refractivity contribution in [2.45, 2.75) is 6.42 Å². The molecule has 4 heteroatoms. The molecular weight excluding hydrogens is 185 g/mol. The molecule has 0 N–H and O–H groups in total. The van der Waals surface area contributed by atoms with Crippen LogP contribution in [0, 0.1) is 17.1 Å². The second-order valence-corrected chi connectivity index (χ2v) is 2.92. The van der Waals surface area contributed by atoms with E-state index >= 15 is 0 Å². The third-order valence-corrected chi connectivity index (χ3v) is 1.98. The van der Waals surface area contributed by atoms with Gasteiger partial charge in [0.1, 0.15) is 19.0 Å². The van der Waals surface area contributed by atoms with Gasteiger partial charge in [0.15, 0.2) is 11.5 Å². The number of hydrogen-bond donors (Lipinski definition) is 0. The van der Waals surface area contributed by atoms with Crippen molar-refractivity contribution in [2.75, 3.05) is 13.2 Å². The fourth-order valence-corrected chi connectivity index (χ4v) is 1.33. The maximum Gasteiger partial charge on any atom is 0.164 e. The van der Waals surface area contributed by atoms with Crippen LogP contribution < -0.4 is 9.47 Å². The summed E-state index contributed by atoms with van der Waals surface area (Å²) >= 11 is 0. The molecule has 0 aromatic heterocycles. The Morgan fingerprint density at radius 2 is 1.93 bits per heavy atom. The Morgan fingerprint density at radius 1 is 1.29 bits per heavy atom. The minimum absolute atomic E-state index is 0.0441. The number of hydrogen-bond acceptors (Lipinski definition) is 3. The van der Waals surface area contributed by atoms with Gasteiger partial charge < -0.3 is 9.47 Å². The molecule has 0 radical (unpaired) electrons. The lowest BCUT2D eigenvalue weighted by Gasteiger charge is -2.18. The molecule has 2 rings (SSSR count). The van der Waals surface area contributed by atoms with Crippen LogP contribution in [0.25, 0.3) is 0 Å². The highest BCUT2D eigenvalue weighted by atomic mass is 19.1. The Hall–Kier alpha value is -1.76. The highest BCUT2D eigenvalue weighted by molar-refractivity contribution is 5.45. The molecule has 0 spiro atoms. The summed E-state index contributed by atoms with van der Waals surface area (Å²) in [6.45, 7) is 0.897. The van der Waals surface area contributed by atoms with Gasteiger partial charge in [-0.05, 0) is 6.07 Å². The fourth-order valence-electron chi connectivity index (χ4n) is 1.33. The van der Waals surface area contributed by atoms with E-state index in [1.807, 2.05) is 6.07 Å². The van der Waals surface area contributed by atoms with Gasteiger partial charge in [-0.1, -0.05) is 0 Å². The summed E-state index contributed by atoms with van der Waals surface area (Å²) in [7, 11) is 0. The zero-order valence-electron chi connectivity index (χ0n) is 7.42. The standard InChI is InChI=1S/C10H8FNO2/c11-8-6-10-9(13-3-4-14-10)5-7(8)1-2-12/h5-6H,1,3-4H2. The van der Waals surface area contributed by atoms with Crippen LogP contribution in [0.5, 0.6) is 11.5 Å². The summed E-state index contributed by atoms with van der Waals surface area (Å²) in [6, 6.07) is 4.68. The van der Waals surface area contributed by atoms with Crippen molar-refractivity contribution in [3.05, 3.63) is 23.5 Å². The first-order chi connectivity index (χ1) is 6.81. The van der Waals surface area contributed by atoms with Gasteiger partial charge in [0.05, 0.1) is 12.5 Å². The molecule has 0 amide bonds. The number of ether oxygens (including phenoxy) is 2. The quantitative estimate of drug-likeness (QED) is 0.681. The minimum Gasteiger partial charge on any atom is -0.486 e. The van der Waals surface area contributed by atoms with E-state index in [2.05, 4.69) is 0 Å². The van der Waals surface area contributed by atoms with Gasteiger partial charge in [-0.25, -0.2) is 4.39 Å². The second kappa shape index (κ2) is 3.54. The van der Waals surface area contributed by atoms with Crippen molar-refractivity contribution >= 4 is 0 Å². The molecule has 14 heavy (non-hydrogen) atoms. The van der Waals surface area contributed by atoms with E-state index in [1.54, 1.807) is 0 Å². The molecule has 72 valence electrons. The van der Waals surface area contributed by atoms with Crippen molar-refractivity contribution in [1.82, 2.24) is 0 Å². The molecule has 3 nitrogen and oxygen atoms in total. The third kappa shape index (κ3) is 1.49. The van der Waals surface area contributed by atoms with Crippen LogP contribution in [-0.4, -0.2) is 13.2 Å². The summed E-state index contributed by atoms with van der Waals surface area (Å²) in [4.78, 5) is 0. The molecule has 0 fully saturated rings. The zero-order chi connectivity index (χ0) is 9.97. The predicted octanol–water partition coefficient (Wildman–Crippen LogP) is 1.66. The Morgan fingerprint density at radius 3 is 2.57 bits per heavy atom. The number of rotatable bonds is 1. The SMILES string of the molecule is N#CCc1cc2c(cc1F)OCCO2. The molecular formula is C10H8FNO2. The van der Waals surface area contributed by atoms with E-state index in [4.69, 9.17) is 14.7 Å². The Kier molecular flexibility index (Phi) is 2.23. The van der Waals surface area contributed by atoms with Crippen LogP contribution in [0.1, 0.15) is 5.56 Å². The van der Waals surface area contributed by atoms with Crippen LogP contribution in [0.2, 0.25) is 0 Å². The van der Waals surface area contributed by atoms with E-state index in [0.717, 1.165) is 0 Å². The lowest BCUT2D eigenvalue weighted by atomic mass is 10.1. The van der Waals surface area contributed by atoms with Crippen LogP contribution >= 0.6 is 0 Å². The van der Waals surface area contributed by atoms with Gasteiger partial charge in [0.2, 0.25) is 0 Å². The molecule has 0 unspecified atom stereocenters. The van der Waals surface area contributed by atoms with Gasteiger partial charge in [-0.2, -0.15) is 5.26 Å². The van der Waals surface area contributed by atoms with Gasteiger partial charge in [-0.3, -0.25) is 0 Å². The monoisotopic (exact) mass is 193 g/mol. The first-order valence-corrected chi connectivity index (χ1v) is 4.26. The van der Waals surface area contributed by atoms with Crippen molar-refractivity contribution in [3.8, 4) is 17.6 Å². The highest BCUT2D eigenvalue weighted by Crippen LogP contribution is 2.32. The number of benzene rings is 1.